The second-order valence-electron chi connectivity index (χ2n) is 4.81. The predicted molar refractivity (Wildman–Crippen MR) is 70.2 cm³/mol. The average molecular weight is 235 g/mol. The molecule has 0 aromatic carbocycles. The molecule has 3 N–H and O–H groups in total. The van der Waals surface area contributed by atoms with Crippen molar-refractivity contribution in [3.05, 3.63) is 28.7 Å². The summed E-state index contributed by atoms with van der Waals surface area (Å²) in [6.07, 6.45) is 6.39. The van der Waals surface area contributed by atoms with Crippen LogP contribution in [0.25, 0.3) is 0 Å². The van der Waals surface area contributed by atoms with Crippen molar-refractivity contribution in [3.63, 3.8) is 0 Å². The van der Waals surface area contributed by atoms with Gasteiger partial charge in [0.1, 0.15) is 0 Å². The number of hydrogen-bond donors (Lipinski definition) is 2. The first kappa shape index (κ1) is 12.2. The number of hydrogen-bond acceptors (Lipinski definition) is 3. The van der Waals surface area contributed by atoms with Crippen LogP contribution in [0.4, 0.5) is 5.69 Å². The Morgan fingerprint density at radius 1 is 1.47 bits per heavy atom. The summed E-state index contributed by atoms with van der Waals surface area (Å²) in [6, 6.07) is 4.24. The van der Waals surface area contributed by atoms with E-state index in [4.69, 9.17) is 5.73 Å². The van der Waals surface area contributed by atoms with Gasteiger partial charge in [0, 0.05) is 30.9 Å². The Hall–Kier alpha value is -1.29. The predicted octanol–water partition coefficient (Wildman–Crippen LogP) is 1.55. The van der Waals surface area contributed by atoms with Gasteiger partial charge in [-0.1, -0.05) is 0 Å². The van der Waals surface area contributed by atoms with E-state index in [0.29, 0.717) is 18.6 Å². The minimum Gasteiger partial charge on any atom is -0.381 e. The van der Waals surface area contributed by atoms with Crippen LogP contribution in [0, 0.1) is 0 Å². The fourth-order valence-corrected chi connectivity index (χ4v) is 2.46. The average Bonchev–Trinajstić information content (AvgIpc) is 2.32. The fourth-order valence-electron chi connectivity index (χ4n) is 2.46. The molecule has 17 heavy (non-hydrogen) atoms. The normalized spacial score (nSPS) is 24.6. The Bertz CT molecular complexity index is 427. The molecule has 0 spiro atoms. The van der Waals surface area contributed by atoms with Gasteiger partial charge in [-0.05, 0) is 38.7 Å². The summed E-state index contributed by atoms with van der Waals surface area (Å²) in [7, 11) is 0. The van der Waals surface area contributed by atoms with Crippen molar-refractivity contribution < 1.29 is 0 Å². The Kier molecular flexibility index (Phi) is 3.84. The number of aromatic nitrogens is 1. The van der Waals surface area contributed by atoms with Crippen molar-refractivity contribution >= 4 is 5.69 Å². The highest BCUT2D eigenvalue weighted by Crippen LogP contribution is 2.20. The van der Waals surface area contributed by atoms with Gasteiger partial charge in [0.15, 0.2) is 0 Å². The second-order valence-corrected chi connectivity index (χ2v) is 4.81. The van der Waals surface area contributed by atoms with Crippen LogP contribution in [0.2, 0.25) is 0 Å². The Balaban J connectivity index is 2.05. The van der Waals surface area contributed by atoms with Crippen LogP contribution in [0.1, 0.15) is 32.6 Å². The third-order valence-corrected chi connectivity index (χ3v) is 3.41. The Labute approximate surface area is 102 Å². The van der Waals surface area contributed by atoms with E-state index in [1.165, 1.54) is 12.8 Å². The topological polar surface area (TPSA) is 60.1 Å². The van der Waals surface area contributed by atoms with E-state index in [1.807, 2.05) is 19.2 Å². The van der Waals surface area contributed by atoms with Crippen LogP contribution >= 0.6 is 0 Å². The van der Waals surface area contributed by atoms with E-state index in [-0.39, 0.29) is 5.56 Å². The van der Waals surface area contributed by atoms with E-state index in [0.717, 1.165) is 18.5 Å². The summed E-state index contributed by atoms with van der Waals surface area (Å²) >= 11 is 0. The summed E-state index contributed by atoms with van der Waals surface area (Å²) < 4.78 is 1.71. The van der Waals surface area contributed by atoms with Gasteiger partial charge in [-0.25, -0.2) is 0 Å². The standard InChI is InChI=1S/C13H21N3O/c1-2-16-9-12(6-7-13(16)17)15-11-5-3-4-10(14)8-11/h6-7,9-11,15H,2-5,8,14H2,1H3. The highest BCUT2D eigenvalue weighted by molar-refractivity contribution is 5.41. The monoisotopic (exact) mass is 235 g/mol. The van der Waals surface area contributed by atoms with Gasteiger partial charge in [0.25, 0.3) is 5.56 Å². The minimum absolute atomic E-state index is 0.0541. The van der Waals surface area contributed by atoms with E-state index >= 15 is 0 Å². The molecule has 0 bridgehead atoms. The van der Waals surface area contributed by atoms with Gasteiger partial charge >= 0.3 is 0 Å². The number of aryl methyl sites for hydroxylation is 1. The molecule has 0 saturated heterocycles. The molecule has 4 heteroatoms. The highest BCUT2D eigenvalue weighted by Gasteiger charge is 2.18. The van der Waals surface area contributed by atoms with Crippen molar-refractivity contribution in [2.75, 3.05) is 5.32 Å². The molecule has 0 amide bonds. The zero-order chi connectivity index (χ0) is 12.3. The van der Waals surface area contributed by atoms with Gasteiger partial charge in [-0.3, -0.25) is 4.79 Å². The summed E-state index contributed by atoms with van der Waals surface area (Å²) in [4.78, 5) is 11.5. The van der Waals surface area contributed by atoms with Crippen molar-refractivity contribution in [3.8, 4) is 0 Å². The molecule has 94 valence electrons. The summed E-state index contributed by atoms with van der Waals surface area (Å²) in [5, 5.41) is 3.47. The second kappa shape index (κ2) is 5.36. The molecule has 1 saturated carbocycles. The van der Waals surface area contributed by atoms with Gasteiger partial charge in [-0.15, -0.1) is 0 Å². The first-order valence-electron chi connectivity index (χ1n) is 6.41. The SMILES string of the molecule is CCn1cc(NC2CCCC(N)C2)ccc1=O. The number of rotatable bonds is 3. The van der Waals surface area contributed by atoms with Gasteiger partial charge in [0.05, 0.1) is 5.69 Å². The van der Waals surface area contributed by atoms with Crippen LogP contribution in [0.5, 0.6) is 0 Å². The largest absolute Gasteiger partial charge is 0.381 e. The van der Waals surface area contributed by atoms with Crippen LogP contribution in [-0.2, 0) is 6.54 Å². The first-order chi connectivity index (χ1) is 8.19. The number of nitrogens with one attached hydrogen (secondary N) is 1. The lowest BCUT2D eigenvalue weighted by atomic mass is 9.91. The van der Waals surface area contributed by atoms with Crippen molar-refractivity contribution in [2.45, 2.75) is 51.2 Å². The van der Waals surface area contributed by atoms with E-state index in [9.17, 15) is 4.79 Å². The van der Waals surface area contributed by atoms with E-state index < -0.39 is 0 Å². The van der Waals surface area contributed by atoms with Crippen LogP contribution in [-0.4, -0.2) is 16.7 Å². The maximum absolute atomic E-state index is 11.5. The van der Waals surface area contributed by atoms with Crippen molar-refractivity contribution in [1.29, 1.82) is 0 Å². The van der Waals surface area contributed by atoms with E-state index in [1.54, 1.807) is 10.6 Å². The van der Waals surface area contributed by atoms with Crippen LogP contribution < -0.4 is 16.6 Å². The number of nitrogens with two attached hydrogens (primary N) is 1. The zero-order valence-electron chi connectivity index (χ0n) is 10.4. The molecule has 1 aromatic rings. The summed E-state index contributed by atoms with van der Waals surface area (Å²) in [6.45, 7) is 2.68. The van der Waals surface area contributed by atoms with Crippen molar-refractivity contribution in [1.82, 2.24) is 4.57 Å². The maximum Gasteiger partial charge on any atom is 0.250 e. The Morgan fingerprint density at radius 3 is 3.00 bits per heavy atom. The van der Waals surface area contributed by atoms with Gasteiger partial charge in [-0.2, -0.15) is 0 Å². The van der Waals surface area contributed by atoms with Crippen molar-refractivity contribution in [2.24, 2.45) is 5.73 Å². The third kappa shape index (κ3) is 3.09. The molecular weight excluding hydrogens is 214 g/mol. The van der Waals surface area contributed by atoms with E-state index in [2.05, 4.69) is 5.32 Å². The minimum atomic E-state index is 0.0541. The number of nitrogens with zero attached hydrogens (tertiary/aromatic N) is 1. The molecule has 2 rings (SSSR count). The molecule has 4 nitrogen and oxygen atoms in total. The number of pyridine rings is 1. The van der Waals surface area contributed by atoms with Crippen LogP contribution in [0.3, 0.4) is 0 Å². The lowest BCUT2D eigenvalue weighted by molar-refractivity contribution is 0.409. The van der Waals surface area contributed by atoms with Crippen LogP contribution in [0.15, 0.2) is 23.1 Å². The van der Waals surface area contributed by atoms with Gasteiger partial charge < -0.3 is 15.6 Å². The molecule has 1 heterocycles. The molecule has 2 unspecified atom stereocenters. The molecule has 1 aliphatic carbocycles. The molecule has 2 atom stereocenters. The summed E-state index contributed by atoms with van der Waals surface area (Å²) in [5.74, 6) is 0. The third-order valence-electron chi connectivity index (χ3n) is 3.41. The summed E-state index contributed by atoms with van der Waals surface area (Å²) in [5.41, 5.74) is 7.04. The molecule has 0 radical (unpaired) electrons. The lowest BCUT2D eigenvalue weighted by Gasteiger charge is -2.28. The number of anilines is 1. The van der Waals surface area contributed by atoms with Gasteiger partial charge in [0.2, 0.25) is 0 Å². The molecule has 1 aromatic heterocycles. The molecule has 1 aliphatic rings. The maximum atomic E-state index is 11.5. The molecular formula is C13H21N3O. The fraction of sp³-hybridized carbons (Fsp3) is 0.615. The smallest absolute Gasteiger partial charge is 0.250 e. The first-order valence-corrected chi connectivity index (χ1v) is 6.41. The lowest BCUT2D eigenvalue weighted by Crippen LogP contribution is -2.35. The zero-order valence-corrected chi connectivity index (χ0v) is 10.4. The molecule has 0 aliphatic heterocycles. The Morgan fingerprint density at radius 2 is 2.29 bits per heavy atom. The quantitative estimate of drug-likeness (QED) is 0.835. The highest BCUT2D eigenvalue weighted by atomic mass is 16.1. The molecule has 1 fully saturated rings.